The number of aromatic carboxylic acids is 1. The van der Waals surface area contributed by atoms with Crippen molar-refractivity contribution in [2.24, 2.45) is 0 Å². The Balaban J connectivity index is 1.86. The Kier molecular flexibility index (Phi) is 3.84. The van der Waals surface area contributed by atoms with Gasteiger partial charge in [-0.3, -0.25) is 0 Å². The fourth-order valence-electron chi connectivity index (χ4n) is 2.12. The molecule has 0 aliphatic rings. The number of carboxylic acids is 1. The molecular weight excluding hydrogens is 323 g/mol. The monoisotopic (exact) mass is 333 g/mol. The van der Waals surface area contributed by atoms with Gasteiger partial charge in [0.2, 0.25) is 5.89 Å². The molecule has 1 N–H and O–H groups in total. The molecule has 0 saturated carbocycles. The number of carbonyl (C=O) groups is 1. The van der Waals surface area contributed by atoms with Crippen LogP contribution in [-0.2, 0) is 6.18 Å². The normalized spacial score (nSPS) is 11.5. The average Bonchev–Trinajstić information content (AvgIpc) is 3.04. The molecule has 0 aliphatic carbocycles. The summed E-state index contributed by atoms with van der Waals surface area (Å²) < 4.78 is 43.2. The maximum Gasteiger partial charge on any atom is 0.416 e. The summed E-state index contributed by atoms with van der Waals surface area (Å²) in [7, 11) is 0. The number of aromatic nitrogens is 1. The standard InChI is InChI=1S/C17H10F3NO3/c18-17(19,20)13-7-5-11(6-8-13)15-21-9-14(24-15)10-1-3-12(4-2-10)16(22)23/h1-9H,(H,22,23). The van der Waals surface area contributed by atoms with Gasteiger partial charge in [-0.1, -0.05) is 12.1 Å². The third kappa shape index (κ3) is 3.15. The summed E-state index contributed by atoms with van der Waals surface area (Å²) in [5, 5.41) is 8.86. The van der Waals surface area contributed by atoms with Crippen LogP contribution in [0.3, 0.4) is 0 Å². The van der Waals surface area contributed by atoms with Crippen LogP contribution in [0, 0.1) is 0 Å². The van der Waals surface area contributed by atoms with Gasteiger partial charge in [-0.05, 0) is 36.4 Å². The minimum absolute atomic E-state index is 0.140. The topological polar surface area (TPSA) is 63.3 Å². The highest BCUT2D eigenvalue weighted by Gasteiger charge is 2.30. The van der Waals surface area contributed by atoms with Gasteiger partial charge in [-0.15, -0.1) is 0 Å². The van der Waals surface area contributed by atoms with Crippen LogP contribution in [-0.4, -0.2) is 16.1 Å². The summed E-state index contributed by atoms with van der Waals surface area (Å²) in [6, 6.07) is 10.5. The average molecular weight is 333 g/mol. The Hall–Kier alpha value is -3.09. The summed E-state index contributed by atoms with van der Waals surface area (Å²) in [5.74, 6) is -0.465. The van der Waals surface area contributed by atoms with E-state index in [0.717, 1.165) is 12.1 Å². The number of oxazole rings is 1. The number of hydrogen-bond acceptors (Lipinski definition) is 3. The number of hydrogen-bond donors (Lipinski definition) is 1. The van der Waals surface area contributed by atoms with Crippen LogP contribution in [0.1, 0.15) is 15.9 Å². The lowest BCUT2D eigenvalue weighted by molar-refractivity contribution is -0.137. The lowest BCUT2D eigenvalue weighted by Crippen LogP contribution is -2.03. The molecule has 1 heterocycles. The summed E-state index contributed by atoms with van der Waals surface area (Å²) in [6.07, 6.45) is -2.96. The van der Waals surface area contributed by atoms with Gasteiger partial charge in [0.25, 0.3) is 0 Å². The number of alkyl halides is 3. The van der Waals surface area contributed by atoms with Crippen molar-refractivity contribution in [3.05, 3.63) is 65.9 Å². The van der Waals surface area contributed by atoms with E-state index in [1.165, 1.54) is 30.5 Å². The van der Waals surface area contributed by atoms with E-state index in [-0.39, 0.29) is 11.5 Å². The smallest absolute Gasteiger partial charge is 0.416 e. The molecule has 1 aromatic heterocycles. The zero-order valence-electron chi connectivity index (χ0n) is 12.0. The van der Waals surface area contributed by atoms with Gasteiger partial charge in [0.1, 0.15) is 0 Å². The molecule has 3 aromatic rings. The van der Waals surface area contributed by atoms with Crippen molar-refractivity contribution in [2.45, 2.75) is 6.18 Å². The van der Waals surface area contributed by atoms with Crippen molar-refractivity contribution < 1.29 is 27.5 Å². The van der Waals surface area contributed by atoms with Crippen LogP contribution in [0.4, 0.5) is 13.2 Å². The first-order chi connectivity index (χ1) is 11.3. The minimum atomic E-state index is -4.40. The Bertz CT molecular complexity index is 865. The minimum Gasteiger partial charge on any atom is -0.478 e. The van der Waals surface area contributed by atoms with Crippen LogP contribution in [0.15, 0.2) is 59.1 Å². The summed E-state index contributed by atoms with van der Waals surface area (Å²) in [6.45, 7) is 0. The third-order valence-electron chi connectivity index (χ3n) is 3.38. The number of halogens is 3. The number of carboxylic acid groups (broad SMARTS) is 1. The lowest BCUT2D eigenvalue weighted by atomic mass is 10.1. The Morgan fingerprint density at radius 2 is 1.54 bits per heavy atom. The quantitative estimate of drug-likeness (QED) is 0.753. The molecule has 4 nitrogen and oxygen atoms in total. The first-order valence-corrected chi connectivity index (χ1v) is 6.82. The largest absolute Gasteiger partial charge is 0.478 e. The molecule has 3 rings (SSSR count). The summed E-state index contributed by atoms with van der Waals surface area (Å²) in [5.41, 5.74) is 0.422. The van der Waals surface area contributed by atoms with Gasteiger partial charge < -0.3 is 9.52 Å². The lowest BCUT2D eigenvalue weighted by Gasteiger charge is -2.06. The van der Waals surface area contributed by atoms with Crippen LogP contribution in [0.2, 0.25) is 0 Å². The molecule has 122 valence electrons. The van der Waals surface area contributed by atoms with Crippen molar-refractivity contribution >= 4 is 5.97 Å². The highest BCUT2D eigenvalue weighted by Crippen LogP contribution is 2.31. The van der Waals surface area contributed by atoms with E-state index >= 15 is 0 Å². The third-order valence-corrected chi connectivity index (χ3v) is 3.38. The Morgan fingerprint density at radius 1 is 0.958 bits per heavy atom. The van der Waals surface area contributed by atoms with E-state index in [1.54, 1.807) is 12.1 Å². The van der Waals surface area contributed by atoms with Crippen molar-refractivity contribution in [1.29, 1.82) is 0 Å². The number of rotatable bonds is 3. The summed E-state index contributed by atoms with van der Waals surface area (Å²) >= 11 is 0. The van der Waals surface area contributed by atoms with Gasteiger partial charge in [0, 0.05) is 11.1 Å². The molecule has 24 heavy (non-hydrogen) atoms. The van der Waals surface area contributed by atoms with E-state index in [1.807, 2.05) is 0 Å². The molecule has 0 fully saturated rings. The number of benzene rings is 2. The molecule has 0 amide bonds. The fourth-order valence-corrected chi connectivity index (χ4v) is 2.12. The number of nitrogens with zero attached hydrogens (tertiary/aromatic N) is 1. The molecule has 0 bridgehead atoms. The van der Waals surface area contributed by atoms with Crippen LogP contribution >= 0.6 is 0 Å². The van der Waals surface area contributed by atoms with Crippen molar-refractivity contribution in [3.8, 4) is 22.8 Å². The molecule has 0 radical (unpaired) electrons. The van der Waals surface area contributed by atoms with Crippen molar-refractivity contribution in [2.75, 3.05) is 0 Å². The van der Waals surface area contributed by atoms with Gasteiger partial charge >= 0.3 is 12.1 Å². The maximum atomic E-state index is 12.6. The first-order valence-electron chi connectivity index (χ1n) is 6.82. The maximum absolute atomic E-state index is 12.6. The van der Waals surface area contributed by atoms with E-state index in [2.05, 4.69) is 4.98 Å². The van der Waals surface area contributed by atoms with Gasteiger partial charge in [-0.25, -0.2) is 9.78 Å². The highest BCUT2D eigenvalue weighted by atomic mass is 19.4. The zero-order chi connectivity index (χ0) is 17.3. The van der Waals surface area contributed by atoms with E-state index in [0.29, 0.717) is 16.9 Å². The fraction of sp³-hybridized carbons (Fsp3) is 0.0588. The van der Waals surface area contributed by atoms with Gasteiger partial charge in [-0.2, -0.15) is 13.2 Å². The second kappa shape index (κ2) is 5.84. The predicted molar refractivity (Wildman–Crippen MR) is 79.3 cm³/mol. The molecule has 0 aliphatic heterocycles. The molecule has 0 unspecified atom stereocenters. The summed E-state index contributed by atoms with van der Waals surface area (Å²) in [4.78, 5) is 14.9. The SMILES string of the molecule is O=C(O)c1ccc(-c2cnc(-c3ccc(C(F)(F)F)cc3)o2)cc1. The van der Waals surface area contributed by atoms with Crippen LogP contribution < -0.4 is 0 Å². The van der Waals surface area contributed by atoms with Gasteiger partial charge in [0.15, 0.2) is 5.76 Å². The molecule has 0 saturated heterocycles. The van der Waals surface area contributed by atoms with E-state index in [9.17, 15) is 18.0 Å². The predicted octanol–water partition coefficient (Wildman–Crippen LogP) is 4.73. The second-order valence-electron chi connectivity index (χ2n) is 4.99. The van der Waals surface area contributed by atoms with Crippen molar-refractivity contribution in [1.82, 2.24) is 4.98 Å². The van der Waals surface area contributed by atoms with Gasteiger partial charge in [0.05, 0.1) is 17.3 Å². The highest BCUT2D eigenvalue weighted by molar-refractivity contribution is 5.88. The first kappa shape index (κ1) is 15.8. The van der Waals surface area contributed by atoms with Crippen LogP contribution in [0.5, 0.6) is 0 Å². The van der Waals surface area contributed by atoms with E-state index in [4.69, 9.17) is 9.52 Å². The molecule has 2 aromatic carbocycles. The zero-order valence-corrected chi connectivity index (χ0v) is 12.0. The molecule has 0 spiro atoms. The Morgan fingerprint density at radius 3 is 2.08 bits per heavy atom. The van der Waals surface area contributed by atoms with Crippen LogP contribution in [0.25, 0.3) is 22.8 Å². The second-order valence-corrected chi connectivity index (χ2v) is 4.99. The van der Waals surface area contributed by atoms with Crippen molar-refractivity contribution in [3.63, 3.8) is 0 Å². The Labute approximate surface area is 134 Å². The molecule has 0 atom stereocenters. The van der Waals surface area contributed by atoms with E-state index < -0.39 is 17.7 Å². The molecule has 7 heteroatoms. The molecular formula is C17H10F3NO3.